The topological polar surface area (TPSA) is 110 Å². The van der Waals surface area contributed by atoms with Gasteiger partial charge in [-0.2, -0.15) is 0 Å². The third kappa shape index (κ3) is 7.10. The van der Waals surface area contributed by atoms with Crippen molar-refractivity contribution in [1.82, 2.24) is 9.97 Å². The van der Waals surface area contributed by atoms with Crippen molar-refractivity contribution in [3.63, 3.8) is 0 Å². The van der Waals surface area contributed by atoms with Gasteiger partial charge in [0.2, 0.25) is 11.8 Å². The van der Waals surface area contributed by atoms with Crippen LogP contribution in [0.15, 0.2) is 104 Å². The first kappa shape index (κ1) is 28.6. The third-order valence-electron chi connectivity index (χ3n) is 6.74. The largest absolute Gasteiger partial charge is 0.431 e. The second-order valence-corrected chi connectivity index (χ2v) is 11.9. The van der Waals surface area contributed by atoms with E-state index in [0.717, 1.165) is 51.1 Å². The van der Waals surface area contributed by atoms with Gasteiger partial charge in [-0.3, -0.25) is 9.59 Å². The summed E-state index contributed by atoms with van der Waals surface area (Å²) in [5, 5.41) is 6.92. The van der Waals surface area contributed by atoms with Gasteiger partial charge in [-0.1, -0.05) is 72.1 Å². The van der Waals surface area contributed by atoms with E-state index < -0.39 is 0 Å². The number of fused-ring (bicyclic) bond motifs is 2. The second kappa shape index (κ2) is 12.8. The smallest absolute Gasteiger partial charge is 0.257 e. The summed E-state index contributed by atoms with van der Waals surface area (Å²) in [6, 6.07) is 27.1. The molecule has 0 atom stereocenters. The molecule has 6 aromatic rings. The number of aromatic nitrogens is 2. The van der Waals surface area contributed by atoms with Gasteiger partial charge >= 0.3 is 0 Å². The van der Waals surface area contributed by atoms with Crippen LogP contribution in [0.5, 0.6) is 0 Å². The fourth-order valence-corrected chi connectivity index (χ4v) is 5.92. The molecule has 2 aromatic heterocycles. The maximum absolute atomic E-state index is 12.6. The van der Waals surface area contributed by atoms with Crippen molar-refractivity contribution in [3.8, 4) is 0 Å². The number of anilines is 2. The molecule has 0 bridgehead atoms. The summed E-state index contributed by atoms with van der Waals surface area (Å²) >= 11 is 2.54. The van der Waals surface area contributed by atoms with E-state index in [9.17, 15) is 9.59 Å². The van der Waals surface area contributed by atoms with Crippen LogP contribution in [0.2, 0.25) is 0 Å². The first-order valence-electron chi connectivity index (χ1n) is 13.6. The molecule has 0 saturated carbocycles. The van der Waals surface area contributed by atoms with Crippen LogP contribution in [-0.4, -0.2) is 33.3 Å². The maximum Gasteiger partial charge on any atom is 0.257 e. The van der Waals surface area contributed by atoms with Crippen molar-refractivity contribution in [2.75, 3.05) is 22.1 Å². The Morgan fingerprint density at radius 2 is 1.09 bits per heavy atom. The van der Waals surface area contributed by atoms with Crippen molar-refractivity contribution in [1.29, 1.82) is 0 Å². The van der Waals surface area contributed by atoms with E-state index >= 15 is 0 Å². The number of carbonyl (C=O) groups is 2. The molecular weight excluding hydrogens is 581 g/mol. The number of nitrogens with zero attached hydrogens (tertiary/aromatic N) is 2. The molecule has 0 aliphatic carbocycles. The minimum absolute atomic E-state index is 0.122. The Morgan fingerprint density at radius 1 is 0.651 bits per heavy atom. The van der Waals surface area contributed by atoms with E-state index in [-0.39, 0.29) is 23.3 Å². The van der Waals surface area contributed by atoms with Crippen LogP contribution in [0.3, 0.4) is 0 Å². The van der Waals surface area contributed by atoms with Crippen LogP contribution in [0.25, 0.3) is 22.2 Å². The number of thioether (sulfide) groups is 2. The highest BCUT2D eigenvalue weighted by atomic mass is 32.2. The van der Waals surface area contributed by atoms with E-state index in [2.05, 4.69) is 32.7 Å². The van der Waals surface area contributed by atoms with Crippen LogP contribution >= 0.6 is 23.5 Å². The summed E-state index contributed by atoms with van der Waals surface area (Å²) in [4.78, 5) is 34.0. The number of hydrogen-bond donors (Lipinski definition) is 2. The quantitative estimate of drug-likeness (QED) is 0.153. The lowest BCUT2D eigenvalue weighted by Gasteiger charge is -2.12. The van der Waals surface area contributed by atoms with Gasteiger partial charge in [0.15, 0.2) is 11.2 Å². The number of amides is 2. The molecule has 43 heavy (non-hydrogen) atoms. The van der Waals surface area contributed by atoms with Crippen LogP contribution in [0.1, 0.15) is 22.3 Å². The number of nitrogens with one attached hydrogen (secondary N) is 2. The number of para-hydroxylation sites is 4. The van der Waals surface area contributed by atoms with Crippen LogP contribution in [0.4, 0.5) is 11.4 Å². The fraction of sp³-hybridized carbons (Fsp3) is 0.152. The molecule has 0 radical (unpaired) electrons. The molecule has 0 unspecified atom stereocenters. The standard InChI is InChI=1S/C33H28N4O4S2/c1-20-15-22(11-13-24(20)34-30(38)18-42-32-36-26-7-3-5-9-28(26)40-32)17-23-12-14-25(21(2)16-23)35-31(39)19-43-33-37-27-8-4-6-10-29(27)41-33/h3-16H,17-19H2,1-2H3,(H,34,38)(H,35,39). The lowest BCUT2D eigenvalue weighted by molar-refractivity contribution is -0.114. The highest BCUT2D eigenvalue weighted by Crippen LogP contribution is 2.26. The third-order valence-corrected chi connectivity index (χ3v) is 8.40. The van der Waals surface area contributed by atoms with Crippen molar-refractivity contribution in [2.45, 2.75) is 30.7 Å². The molecule has 4 aromatic carbocycles. The van der Waals surface area contributed by atoms with Gasteiger partial charge in [-0.15, -0.1) is 0 Å². The Kier molecular flexibility index (Phi) is 8.48. The SMILES string of the molecule is Cc1cc(Cc2ccc(NC(=O)CSc3nc4ccccc4o3)c(C)c2)ccc1NC(=O)CSc1nc2ccccc2o1. The first-order valence-corrected chi connectivity index (χ1v) is 15.6. The van der Waals surface area contributed by atoms with Crippen molar-refractivity contribution in [2.24, 2.45) is 0 Å². The molecule has 2 heterocycles. The lowest BCUT2D eigenvalue weighted by Crippen LogP contribution is -2.15. The van der Waals surface area contributed by atoms with Gasteiger partial charge in [-0.05, 0) is 78.9 Å². The van der Waals surface area contributed by atoms with Gasteiger partial charge in [0.05, 0.1) is 11.5 Å². The maximum atomic E-state index is 12.6. The van der Waals surface area contributed by atoms with Crippen molar-refractivity contribution in [3.05, 3.63) is 107 Å². The van der Waals surface area contributed by atoms with Crippen LogP contribution in [-0.2, 0) is 16.0 Å². The van der Waals surface area contributed by atoms with E-state index in [4.69, 9.17) is 8.83 Å². The average molecular weight is 609 g/mol. The minimum atomic E-state index is -0.122. The molecule has 0 aliphatic heterocycles. The van der Waals surface area contributed by atoms with E-state index in [1.54, 1.807) is 0 Å². The number of carbonyl (C=O) groups excluding carboxylic acids is 2. The van der Waals surface area contributed by atoms with E-state index in [1.807, 2.05) is 86.6 Å². The summed E-state index contributed by atoms with van der Waals surface area (Å²) < 4.78 is 11.4. The molecule has 2 amide bonds. The molecular formula is C33H28N4O4S2. The van der Waals surface area contributed by atoms with Gasteiger partial charge in [0.1, 0.15) is 11.0 Å². The molecule has 216 valence electrons. The summed E-state index contributed by atoms with van der Waals surface area (Å²) in [5.41, 5.74) is 8.73. The highest BCUT2D eigenvalue weighted by Gasteiger charge is 2.13. The van der Waals surface area contributed by atoms with Crippen LogP contribution in [0, 0.1) is 13.8 Å². The molecule has 0 aliphatic rings. The Morgan fingerprint density at radius 3 is 1.51 bits per heavy atom. The zero-order valence-corrected chi connectivity index (χ0v) is 25.2. The van der Waals surface area contributed by atoms with Gasteiger partial charge < -0.3 is 19.5 Å². The Bertz CT molecular complexity index is 1740. The molecule has 0 spiro atoms. The molecule has 8 nitrogen and oxygen atoms in total. The van der Waals surface area contributed by atoms with Gasteiger partial charge in [0.25, 0.3) is 10.4 Å². The van der Waals surface area contributed by atoms with Crippen LogP contribution < -0.4 is 10.6 Å². The van der Waals surface area contributed by atoms with E-state index in [1.165, 1.54) is 23.5 Å². The Labute approximate surface area is 256 Å². The second-order valence-electron chi connectivity index (χ2n) is 10.0. The molecule has 2 N–H and O–H groups in total. The van der Waals surface area contributed by atoms with Gasteiger partial charge in [0, 0.05) is 11.4 Å². The fourth-order valence-electron chi connectivity index (χ4n) is 4.64. The van der Waals surface area contributed by atoms with Crippen molar-refractivity contribution >= 4 is 68.9 Å². The van der Waals surface area contributed by atoms with Gasteiger partial charge in [-0.25, -0.2) is 9.97 Å². The monoisotopic (exact) mass is 608 g/mol. The predicted octanol–water partition coefficient (Wildman–Crippen LogP) is 7.64. The molecule has 0 fully saturated rings. The molecule has 6 rings (SSSR count). The first-order chi connectivity index (χ1) is 20.9. The summed E-state index contributed by atoms with van der Waals surface area (Å²) in [5.74, 6) is 0.157. The number of aryl methyl sites for hydroxylation is 2. The predicted molar refractivity (Wildman–Crippen MR) is 172 cm³/mol. The Hall–Kier alpha value is -4.54. The highest BCUT2D eigenvalue weighted by molar-refractivity contribution is 8.00. The normalized spacial score (nSPS) is 11.2. The number of benzene rings is 4. The lowest BCUT2D eigenvalue weighted by atomic mass is 10.00. The summed E-state index contributed by atoms with van der Waals surface area (Å²) in [7, 11) is 0. The zero-order valence-electron chi connectivity index (χ0n) is 23.5. The Balaban J connectivity index is 1.000. The minimum Gasteiger partial charge on any atom is -0.431 e. The molecule has 0 saturated heterocycles. The summed E-state index contributed by atoms with van der Waals surface area (Å²) in [6.45, 7) is 3.96. The average Bonchev–Trinajstić information content (AvgIpc) is 3.61. The number of rotatable bonds is 10. The van der Waals surface area contributed by atoms with E-state index in [0.29, 0.717) is 21.6 Å². The van der Waals surface area contributed by atoms with Crippen molar-refractivity contribution < 1.29 is 18.4 Å². The molecule has 10 heteroatoms. The number of oxazole rings is 2. The zero-order chi connectivity index (χ0) is 29.8. The summed E-state index contributed by atoms with van der Waals surface area (Å²) in [6.07, 6.45) is 0.727. The number of hydrogen-bond acceptors (Lipinski definition) is 8.